The molecule has 27 heavy (non-hydrogen) atoms. The minimum absolute atomic E-state index is 0.142. The van der Waals surface area contributed by atoms with Crippen molar-refractivity contribution in [2.24, 2.45) is 21.5 Å². The number of aliphatic imine (C=N–C) groups is 1. The molecule has 6 nitrogen and oxygen atoms in total. The molecule has 1 aliphatic rings. The lowest BCUT2D eigenvalue weighted by atomic mass is 9.78. The Morgan fingerprint density at radius 3 is 2.33 bits per heavy atom. The Hall–Kier alpha value is -1.60. The number of hydrogen-bond donors (Lipinski definition) is 3. The number of benzene rings is 1. The van der Waals surface area contributed by atoms with E-state index in [0.717, 1.165) is 31.0 Å². The van der Waals surface area contributed by atoms with E-state index in [1.807, 2.05) is 0 Å². The maximum atomic E-state index is 11.3. The predicted octanol–water partition coefficient (Wildman–Crippen LogP) is 2.65. The normalized spacial score (nSPS) is 17.3. The van der Waals surface area contributed by atoms with Crippen molar-refractivity contribution < 1.29 is 8.42 Å². The Morgan fingerprint density at radius 2 is 1.81 bits per heavy atom. The summed E-state index contributed by atoms with van der Waals surface area (Å²) in [7, 11) is -1.84. The van der Waals surface area contributed by atoms with Gasteiger partial charge in [-0.05, 0) is 54.7 Å². The van der Waals surface area contributed by atoms with E-state index in [2.05, 4.69) is 29.5 Å². The van der Waals surface area contributed by atoms with Gasteiger partial charge in [0.2, 0.25) is 10.0 Å². The average molecular weight is 395 g/mol. The van der Waals surface area contributed by atoms with Crippen LogP contribution in [-0.2, 0) is 16.4 Å². The Labute approximate surface area is 164 Å². The van der Waals surface area contributed by atoms with Crippen LogP contribution >= 0.6 is 0 Å². The topological polar surface area (TPSA) is 96.6 Å². The molecule has 1 fully saturated rings. The van der Waals surface area contributed by atoms with E-state index < -0.39 is 10.0 Å². The summed E-state index contributed by atoms with van der Waals surface area (Å²) in [6.07, 6.45) is 7.29. The summed E-state index contributed by atoms with van der Waals surface area (Å²) in [5.41, 5.74) is 1.45. The van der Waals surface area contributed by atoms with E-state index in [4.69, 9.17) is 5.14 Å². The fraction of sp³-hybridized carbons (Fsp3) is 0.650. The quantitative estimate of drug-likeness (QED) is 0.466. The van der Waals surface area contributed by atoms with Gasteiger partial charge in [-0.15, -0.1) is 0 Å². The number of sulfonamides is 1. The van der Waals surface area contributed by atoms with Crippen LogP contribution in [0.1, 0.15) is 51.5 Å². The standard InChI is InChI=1S/C20H34N4O2S/c1-16(2)14-20(11-4-5-12-20)15-24-19(22-3)23-13-10-17-6-8-18(9-7-17)27(21,25)26/h6-9,16H,4-5,10-15H2,1-3H3,(H2,21,25,26)(H2,22,23,24). The van der Waals surface area contributed by atoms with E-state index in [0.29, 0.717) is 11.3 Å². The molecule has 0 atom stereocenters. The number of primary sulfonamides is 1. The first-order chi connectivity index (χ1) is 12.7. The van der Waals surface area contributed by atoms with E-state index in [-0.39, 0.29) is 4.90 Å². The summed E-state index contributed by atoms with van der Waals surface area (Å²) in [5.74, 6) is 1.53. The highest BCUT2D eigenvalue weighted by molar-refractivity contribution is 7.89. The van der Waals surface area contributed by atoms with Crippen LogP contribution in [0.5, 0.6) is 0 Å². The third-order valence-electron chi connectivity index (χ3n) is 5.32. The first kappa shape index (κ1) is 21.7. The third kappa shape index (κ3) is 6.81. The minimum Gasteiger partial charge on any atom is -0.356 e. The van der Waals surface area contributed by atoms with Gasteiger partial charge in [0.1, 0.15) is 0 Å². The molecule has 0 aromatic heterocycles. The molecule has 0 heterocycles. The molecule has 1 aliphatic carbocycles. The number of guanidine groups is 1. The van der Waals surface area contributed by atoms with Crippen molar-refractivity contribution >= 4 is 16.0 Å². The Bertz CT molecular complexity index is 721. The molecule has 4 N–H and O–H groups in total. The highest BCUT2D eigenvalue weighted by atomic mass is 32.2. The summed E-state index contributed by atoms with van der Waals surface area (Å²) in [5, 5.41) is 12.0. The minimum atomic E-state index is -3.63. The van der Waals surface area contributed by atoms with Gasteiger partial charge in [-0.3, -0.25) is 4.99 Å². The zero-order valence-corrected chi connectivity index (χ0v) is 17.6. The lowest BCUT2D eigenvalue weighted by molar-refractivity contribution is 0.235. The molecular weight excluding hydrogens is 360 g/mol. The molecule has 0 saturated heterocycles. The van der Waals surface area contributed by atoms with Crippen LogP contribution in [0.3, 0.4) is 0 Å². The largest absolute Gasteiger partial charge is 0.356 e. The summed E-state index contributed by atoms with van der Waals surface area (Å²) >= 11 is 0. The zero-order chi connectivity index (χ0) is 19.9. The van der Waals surface area contributed by atoms with Crippen LogP contribution in [-0.4, -0.2) is 34.5 Å². The Kier molecular flexibility index (Phi) is 7.68. The van der Waals surface area contributed by atoms with Gasteiger partial charge in [-0.2, -0.15) is 0 Å². The first-order valence-electron chi connectivity index (χ1n) is 9.80. The van der Waals surface area contributed by atoms with Gasteiger partial charge in [0, 0.05) is 20.1 Å². The zero-order valence-electron chi connectivity index (χ0n) is 16.8. The third-order valence-corrected chi connectivity index (χ3v) is 6.25. The SMILES string of the molecule is CN=C(NCCc1ccc(S(N)(=O)=O)cc1)NCC1(CC(C)C)CCCC1. The fourth-order valence-corrected chi connectivity index (χ4v) is 4.62. The van der Waals surface area contributed by atoms with Crippen molar-refractivity contribution in [3.05, 3.63) is 29.8 Å². The monoisotopic (exact) mass is 394 g/mol. The number of rotatable bonds is 8. The van der Waals surface area contributed by atoms with E-state index in [1.165, 1.54) is 32.1 Å². The van der Waals surface area contributed by atoms with E-state index >= 15 is 0 Å². The molecule has 0 spiro atoms. The van der Waals surface area contributed by atoms with E-state index in [9.17, 15) is 8.42 Å². The van der Waals surface area contributed by atoms with Crippen molar-refractivity contribution in [1.82, 2.24) is 10.6 Å². The molecule has 2 rings (SSSR count). The average Bonchev–Trinajstić information content (AvgIpc) is 3.05. The fourth-order valence-electron chi connectivity index (χ4n) is 4.11. The van der Waals surface area contributed by atoms with Gasteiger partial charge in [-0.1, -0.05) is 38.8 Å². The van der Waals surface area contributed by atoms with Crippen LogP contribution in [0.2, 0.25) is 0 Å². The second-order valence-electron chi connectivity index (χ2n) is 8.10. The summed E-state index contributed by atoms with van der Waals surface area (Å²) in [6, 6.07) is 6.70. The molecular formula is C20H34N4O2S. The van der Waals surface area contributed by atoms with Crippen molar-refractivity contribution in [3.8, 4) is 0 Å². The molecule has 1 saturated carbocycles. The molecule has 1 aromatic carbocycles. The number of nitrogens with two attached hydrogens (primary N) is 1. The first-order valence-corrected chi connectivity index (χ1v) is 11.3. The highest BCUT2D eigenvalue weighted by Crippen LogP contribution is 2.42. The maximum absolute atomic E-state index is 11.3. The molecule has 0 radical (unpaired) electrons. The molecule has 7 heteroatoms. The van der Waals surface area contributed by atoms with Gasteiger partial charge < -0.3 is 10.6 Å². The highest BCUT2D eigenvalue weighted by Gasteiger charge is 2.34. The number of hydrogen-bond acceptors (Lipinski definition) is 3. The molecule has 152 valence electrons. The smallest absolute Gasteiger partial charge is 0.238 e. The summed E-state index contributed by atoms with van der Waals surface area (Å²) < 4.78 is 22.6. The molecule has 1 aromatic rings. The van der Waals surface area contributed by atoms with Gasteiger partial charge in [0.15, 0.2) is 5.96 Å². The number of nitrogens with zero attached hydrogens (tertiary/aromatic N) is 1. The number of nitrogens with one attached hydrogen (secondary N) is 2. The molecule has 0 unspecified atom stereocenters. The van der Waals surface area contributed by atoms with Crippen LogP contribution in [0.25, 0.3) is 0 Å². The van der Waals surface area contributed by atoms with E-state index in [1.54, 1.807) is 31.3 Å². The van der Waals surface area contributed by atoms with Crippen LogP contribution in [0, 0.1) is 11.3 Å². The Balaban J connectivity index is 1.81. The van der Waals surface area contributed by atoms with Crippen molar-refractivity contribution in [3.63, 3.8) is 0 Å². The van der Waals surface area contributed by atoms with Gasteiger partial charge >= 0.3 is 0 Å². The molecule has 0 bridgehead atoms. The summed E-state index contributed by atoms with van der Waals surface area (Å²) in [6.45, 7) is 6.29. The van der Waals surface area contributed by atoms with Gasteiger partial charge in [-0.25, -0.2) is 13.6 Å². The molecule has 0 aliphatic heterocycles. The van der Waals surface area contributed by atoms with Crippen LogP contribution in [0.4, 0.5) is 0 Å². The lowest BCUT2D eigenvalue weighted by Gasteiger charge is -2.32. The van der Waals surface area contributed by atoms with Crippen molar-refractivity contribution in [2.75, 3.05) is 20.1 Å². The predicted molar refractivity (Wildman–Crippen MR) is 111 cm³/mol. The van der Waals surface area contributed by atoms with Crippen molar-refractivity contribution in [2.45, 2.75) is 57.3 Å². The lowest BCUT2D eigenvalue weighted by Crippen LogP contribution is -2.44. The molecule has 0 amide bonds. The van der Waals surface area contributed by atoms with Crippen LogP contribution < -0.4 is 15.8 Å². The second kappa shape index (κ2) is 9.55. The van der Waals surface area contributed by atoms with Crippen LogP contribution in [0.15, 0.2) is 34.2 Å². The maximum Gasteiger partial charge on any atom is 0.238 e. The summed E-state index contributed by atoms with van der Waals surface area (Å²) in [4.78, 5) is 4.48. The second-order valence-corrected chi connectivity index (χ2v) is 9.66. The Morgan fingerprint density at radius 1 is 1.19 bits per heavy atom. The van der Waals surface area contributed by atoms with Gasteiger partial charge in [0.25, 0.3) is 0 Å². The van der Waals surface area contributed by atoms with Gasteiger partial charge in [0.05, 0.1) is 4.90 Å². The van der Waals surface area contributed by atoms with Crippen molar-refractivity contribution in [1.29, 1.82) is 0 Å².